The molecule has 1 nitrogen and oxygen atoms in total. The standard InChI is InChI=1S/C21H15N/c1-14-10-19-17-8-4-2-6-15(17)12-21(19)20(11-14)18-9-5-3-7-16(18)13-22/h2-11H,12H2,1H3. The van der Waals surface area contributed by atoms with Gasteiger partial charge in [0.15, 0.2) is 0 Å². The van der Waals surface area contributed by atoms with Crippen LogP contribution < -0.4 is 0 Å². The van der Waals surface area contributed by atoms with E-state index in [1.54, 1.807) is 0 Å². The van der Waals surface area contributed by atoms with E-state index in [1.165, 1.54) is 33.4 Å². The first kappa shape index (κ1) is 12.9. The van der Waals surface area contributed by atoms with Crippen molar-refractivity contribution in [2.75, 3.05) is 0 Å². The Hall–Kier alpha value is -2.85. The van der Waals surface area contributed by atoms with Crippen LogP contribution in [0.15, 0.2) is 60.7 Å². The van der Waals surface area contributed by atoms with Crippen LogP contribution in [0.4, 0.5) is 0 Å². The Balaban J connectivity index is 2.01. The molecule has 0 atom stereocenters. The van der Waals surface area contributed by atoms with Gasteiger partial charge in [-0.2, -0.15) is 5.26 Å². The molecule has 0 saturated carbocycles. The van der Waals surface area contributed by atoms with E-state index in [9.17, 15) is 5.26 Å². The van der Waals surface area contributed by atoms with Crippen molar-refractivity contribution >= 4 is 0 Å². The molecule has 0 N–H and O–H groups in total. The molecule has 3 aromatic rings. The van der Waals surface area contributed by atoms with E-state index >= 15 is 0 Å². The van der Waals surface area contributed by atoms with Gasteiger partial charge >= 0.3 is 0 Å². The largest absolute Gasteiger partial charge is 0.192 e. The SMILES string of the molecule is Cc1cc(-c2ccccc2C#N)c2c(c1)-c1ccccc1C2. The van der Waals surface area contributed by atoms with E-state index in [-0.39, 0.29) is 0 Å². The van der Waals surface area contributed by atoms with Crippen molar-refractivity contribution in [1.82, 2.24) is 0 Å². The van der Waals surface area contributed by atoms with Crippen LogP contribution in [0.3, 0.4) is 0 Å². The van der Waals surface area contributed by atoms with Crippen molar-refractivity contribution in [3.63, 3.8) is 0 Å². The molecule has 0 amide bonds. The molecule has 1 aliphatic rings. The van der Waals surface area contributed by atoms with Gasteiger partial charge in [0.2, 0.25) is 0 Å². The Labute approximate surface area is 130 Å². The minimum absolute atomic E-state index is 0.742. The lowest BCUT2D eigenvalue weighted by atomic mass is 9.91. The van der Waals surface area contributed by atoms with E-state index in [2.05, 4.69) is 55.5 Å². The normalized spacial score (nSPS) is 11.6. The van der Waals surface area contributed by atoms with Gasteiger partial charge in [0.1, 0.15) is 0 Å². The summed E-state index contributed by atoms with van der Waals surface area (Å²) in [7, 11) is 0. The summed E-state index contributed by atoms with van der Waals surface area (Å²) in [6.07, 6.45) is 0.945. The lowest BCUT2D eigenvalue weighted by molar-refractivity contribution is 1.26. The van der Waals surface area contributed by atoms with E-state index in [4.69, 9.17) is 0 Å². The van der Waals surface area contributed by atoms with Gasteiger partial charge in [-0.25, -0.2) is 0 Å². The van der Waals surface area contributed by atoms with Crippen molar-refractivity contribution < 1.29 is 0 Å². The topological polar surface area (TPSA) is 23.8 Å². The first-order valence-corrected chi connectivity index (χ1v) is 7.49. The molecule has 0 radical (unpaired) electrons. The molecule has 0 fully saturated rings. The highest BCUT2D eigenvalue weighted by Gasteiger charge is 2.22. The predicted molar refractivity (Wildman–Crippen MR) is 89.6 cm³/mol. The van der Waals surface area contributed by atoms with Crippen molar-refractivity contribution in [2.24, 2.45) is 0 Å². The Morgan fingerprint density at radius 3 is 2.23 bits per heavy atom. The fourth-order valence-corrected chi connectivity index (χ4v) is 3.43. The van der Waals surface area contributed by atoms with Crippen LogP contribution in [-0.4, -0.2) is 0 Å². The number of hydrogen-bond acceptors (Lipinski definition) is 1. The zero-order valence-electron chi connectivity index (χ0n) is 12.4. The van der Waals surface area contributed by atoms with Crippen molar-refractivity contribution in [1.29, 1.82) is 5.26 Å². The second kappa shape index (κ2) is 4.86. The fraction of sp³-hybridized carbons (Fsp3) is 0.0952. The number of fused-ring (bicyclic) bond motifs is 3. The zero-order chi connectivity index (χ0) is 15.1. The molecule has 1 heteroatoms. The van der Waals surface area contributed by atoms with Crippen LogP contribution in [-0.2, 0) is 6.42 Å². The summed E-state index contributed by atoms with van der Waals surface area (Å²) in [5, 5.41) is 9.42. The monoisotopic (exact) mass is 281 g/mol. The second-order valence-electron chi connectivity index (χ2n) is 5.83. The Morgan fingerprint density at radius 2 is 1.45 bits per heavy atom. The zero-order valence-corrected chi connectivity index (χ0v) is 12.4. The van der Waals surface area contributed by atoms with Crippen LogP contribution >= 0.6 is 0 Å². The van der Waals surface area contributed by atoms with Crippen molar-refractivity contribution in [3.8, 4) is 28.3 Å². The van der Waals surface area contributed by atoms with Crippen LogP contribution in [0.2, 0.25) is 0 Å². The molecular weight excluding hydrogens is 266 g/mol. The van der Waals surface area contributed by atoms with Crippen LogP contribution in [0, 0.1) is 18.3 Å². The van der Waals surface area contributed by atoms with Gasteiger partial charge in [-0.05, 0) is 58.4 Å². The summed E-state index contributed by atoms with van der Waals surface area (Å²) in [6.45, 7) is 2.12. The average Bonchev–Trinajstić information content (AvgIpc) is 2.93. The third kappa shape index (κ3) is 1.85. The van der Waals surface area contributed by atoms with Crippen LogP contribution in [0.25, 0.3) is 22.3 Å². The minimum atomic E-state index is 0.742. The molecule has 22 heavy (non-hydrogen) atoms. The molecule has 0 saturated heterocycles. The third-order valence-corrected chi connectivity index (χ3v) is 4.41. The van der Waals surface area contributed by atoms with Gasteiger partial charge in [-0.3, -0.25) is 0 Å². The Bertz CT molecular complexity index is 929. The molecule has 0 aromatic heterocycles. The molecule has 0 heterocycles. The number of benzene rings is 3. The predicted octanol–water partition coefficient (Wildman–Crippen LogP) is 5.10. The summed E-state index contributed by atoms with van der Waals surface area (Å²) in [5.41, 5.74) is 9.58. The van der Waals surface area contributed by atoms with Gasteiger partial charge in [0, 0.05) is 0 Å². The third-order valence-electron chi connectivity index (χ3n) is 4.41. The molecule has 0 aliphatic heterocycles. The molecule has 1 aliphatic carbocycles. The van der Waals surface area contributed by atoms with E-state index in [0.29, 0.717) is 0 Å². The summed E-state index contributed by atoms with van der Waals surface area (Å²) >= 11 is 0. The number of nitriles is 1. The Kier molecular flexibility index (Phi) is 2.84. The van der Waals surface area contributed by atoms with Gasteiger partial charge in [-0.15, -0.1) is 0 Å². The summed E-state index contributed by atoms with van der Waals surface area (Å²) in [5.74, 6) is 0. The molecule has 3 aromatic carbocycles. The number of aryl methyl sites for hydroxylation is 1. The summed E-state index contributed by atoms with van der Waals surface area (Å²) in [4.78, 5) is 0. The van der Waals surface area contributed by atoms with Gasteiger partial charge in [-0.1, -0.05) is 54.6 Å². The molecule has 104 valence electrons. The fourth-order valence-electron chi connectivity index (χ4n) is 3.43. The lowest BCUT2D eigenvalue weighted by Crippen LogP contribution is -1.92. The average molecular weight is 281 g/mol. The molecular formula is C21H15N. The van der Waals surface area contributed by atoms with Crippen LogP contribution in [0.1, 0.15) is 22.3 Å². The molecule has 0 spiro atoms. The van der Waals surface area contributed by atoms with E-state index in [0.717, 1.165) is 17.5 Å². The maximum absolute atomic E-state index is 9.42. The smallest absolute Gasteiger partial charge is 0.0998 e. The highest BCUT2D eigenvalue weighted by molar-refractivity contribution is 5.86. The maximum Gasteiger partial charge on any atom is 0.0998 e. The number of nitrogens with zero attached hydrogens (tertiary/aromatic N) is 1. The molecule has 0 unspecified atom stereocenters. The first-order chi connectivity index (χ1) is 10.8. The van der Waals surface area contributed by atoms with Crippen molar-refractivity contribution in [2.45, 2.75) is 13.3 Å². The van der Waals surface area contributed by atoms with E-state index < -0.39 is 0 Å². The number of rotatable bonds is 1. The highest BCUT2D eigenvalue weighted by Crippen LogP contribution is 2.42. The van der Waals surface area contributed by atoms with Crippen molar-refractivity contribution in [3.05, 3.63) is 82.9 Å². The number of hydrogen-bond donors (Lipinski definition) is 0. The molecule has 0 bridgehead atoms. The van der Waals surface area contributed by atoms with Gasteiger partial charge < -0.3 is 0 Å². The van der Waals surface area contributed by atoms with Gasteiger partial charge in [0.05, 0.1) is 11.6 Å². The first-order valence-electron chi connectivity index (χ1n) is 7.49. The summed E-state index contributed by atoms with van der Waals surface area (Å²) < 4.78 is 0. The highest BCUT2D eigenvalue weighted by atomic mass is 14.3. The lowest BCUT2D eigenvalue weighted by Gasteiger charge is -2.12. The van der Waals surface area contributed by atoms with Crippen LogP contribution in [0.5, 0.6) is 0 Å². The van der Waals surface area contributed by atoms with E-state index in [1.807, 2.05) is 18.2 Å². The summed E-state index contributed by atoms with van der Waals surface area (Å²) in [6, 6.07) is 23.3. The maximum atomic E-state index is 9.42. The minimum Gasteiger partial charge on any atom is -0.192 e. The molecule has 4 rings (SSSR count). The quantitative estimate of drug-likeness (QED) is 0.476. The Morgan fingerprint density at radius 1 is 0.818 bits per heavy atom. The van der Waals surface area contributed by atoms with Gasteiger partial charge in [0.25, 0.3) is 0 Å². The second-order valence-corrected chi connectivity index (χ2v) is 5.83.